The number of aliphatic hydroxyl groups is 7. The number of ether oxygens (including phenoxy) is 2. The summed E-state index contributed by atoms with van der Waals surface area (Å²) in [6, 6.07) is -1.04. The first-order valence-corrected chi connectivity index (χ1v) is 7.70. The Morgan fingerprint density at radius 1 is 1.19 bits per heavy atom. The molecule has 12 nitrogen and oxygen atoms in total. The van der Waals surface area contributed by atoms with Crippen LogP contribution in [0.1, 0.15) is 13.8 Å². The fourth-order valence-corrected chi connectivity index (χ4v) is 1.94. The number of hydrogen-bond donors (Lipinski definition) is 8. The topological polar surface area (TPSA) is 220 Å². The van der Waals surface area contributed by atoms with Gasteiger partial charge in [0.25, 0.3) is 0 Å². The summed E-state index contributed by atoms with van der Waals surface area (Å²) in [6.45, 7) is 1.91. The molecule has 0 radical (unpaired) electrons. The molecule has 9 atom stereocenters. The molecule has 1 heterocycles. The molecular formula is C14H27NO11. The third-order valence-corrected chi connectivity index (χ3v) is 3.54. The standard InChI is InChI=1S/C8H15NO6.C6H12O5/c1-3(11)14-8-5(9)7(13)6(12)4(2-10)15-8;1-3(8)5(10)6(11)4(9)2-7/h4-8,10,12-13H,2,9H2,1H3;2-6,8-11H,1H3/t4-,5-,6-,7-,8?;/m1./s1. The molecule has 1 aliphatic heterocycles. The molecule has 12 heteroatoms. The molecule has 0 aliphatic carbocycles. The second-order valence-electron chi connectivity index (χ2n) is 5.74. The average molecular weight is 385 g/mol. The fraction of sp³-hybridized carbons (Fsp3) is 0.857. The first-order valence-electron chi connectivity index (χ1n) is 7.70. The van der Waals surface area contributed by atoms with Crippen molar-refractivity contribution < 1.29 is 54.8 Å². The lowest BCUT2D eigenvalue weighted by atomic mass is 9.98. The Balaban J connectivity index is 0.000000508. The van der Waals surface area contributed by atoms with Gasteiger partial charge in [-0.05, 0) is 6.92 Å². The Bertz CT molecular complexity index is 433. The van der Waals surface area contributed by atoms with Crippen LogP contribution in [0.15, 0.2) is 0 Å². The first kappa shape index (κ1) is 24.8. The molecule has 0 aromatic carbocycles. The monoisotopic (exact) mass is 385 g/mol. The van der Waals surface area contributed by atoms with Crippen LogP contribution >= 0.6 is 0 Å². The Morgan fingerprint density at radius 3 is 2.12 bits per heavy atom. The van der Waals surface area contributed by atoms with Crippen LogP contribution in [0.4, 0.5) is 0 Å². The van der Waals surface area contributed by atoms with Crippen molar-refractivity contribution in [2.24, 2.45) is 5.73 Å². The number of aliphatic hydroxyl groups excluding tert-OH is 7. The van der Waals surface area contributed by atoms with Crippen LogP contribution in [0, 0.1) is 0 Å². The van der Waals surface area contributed by atoms with Crippen LogP contribution < -0.4 is 5.73 Å². The molecule has 0 aromatic rings. The molecule has 1 aliphatic rings. The third-order valence-electron chi connectivity index (χ3n) is 3.54. The number of aldehydes is 1. The van der Waals surface area contributed by atoms with E-state index in [4.69, 9.17) is 36.0 Å². The van der Waals surface area contributed by atoms with Crippen LogP contribution in [0.5, 0.6) is 0 Å². The minimum Gasteiger partial charge on any atom is -0.434 e. The molecular weight excluding hydrogens is 358 g/mol. The van der Waals surface area contributed by atoms with Crippen LogP contribution in [-0.2, 0) is 19.1 Å². The van der Waals surface area contributed by atoms with Crippen molar-refractivity contribution in [3.63, 3.8) is 0 Å². The zero-order chi connectivity index (χ0) is 20.6. The van der Waals surface area contributed by atoms with E-state index in [1.165, 1.54) is 13.8 Å². The Hall–Kier alpha value is -1.22. The highest BCUT2D eigenvalue weighted by molar-refractivity contribution is 5.66. The second-order valence-corrected chi connectivity index (χ2v) is 5.74. The van der Waals surface area contributed by atoms with E-state index in [2.05, 4.69) is 4.74 Å². The summed E-state index contributed by atoms with van der Waals surface area (Å²) >= 11 is 0. The van der Waals surface area contributed by atoms with E-state index in [1.54, 1.807) is 0 Å². The minimum atomic E-state index is -1.65. The van der Waals surface area contributed by atoms with Crippen molar-refractivity contribution in [1.29, 1.82) is 0 Å². The Labute approximate surface area is 149 Å². The summed E-state index contributed by atoms with van der Waals surface area (Å²) in [6.07, 6.45) is -10.6. The molecule has 5 unspecified atom stereocenters. The predicted octanol–water partition coefficient (Wildman–Crippen LogP) is -5.04. The van der Waals surface area contributed by atoms with Crippen molar-refractivity contribution in [1.82, 2.24) is 0 Å². The van der Waals surface area contributed by atoms with Crippen molar-refractivity contribution >= 4 is 12.3 Å². The van der Waals surface area contributed by atoms with Crippen LogP contribution in [-0.4, -0.2) is 110 Å². The maximum absolute atomic E-state index is 10.7. The minimum absolute atomic E-state index is 0.0935. The van der Waals surface area contributed by atoms with Gasteiger partial charge >= 0.3 is 5.97 Å². The summed E-state index contributed by atoms with van der Waals surface area (Å²) in [5, 5.41) is 62.8. The van der Waals surface area contributed by atoms with Gasteiger partial charge in [0.05, 0.1) is 18.8 Å². The van der Waals surface area contributed by atoms with Crippen molar-refractivity contribution in [2.45, 2.75) is 68.9 Å². The van der Waals surface area contributed by atoms with Gasteiger partial charge in [-0.2, -0.15) is 0 Å². The summed E-state index contributed by atoms with van der Waals surface area (Å²) in [4.78, 5) is 20.5. The first-order chi connectivity index (χ1) is 12.0. The molecule has 1 fully saturated rings. The number of carbonyl (C=O) groups is 2. The highest BCUT2D eigenvalue weighted by atomic mass is 16.7. The van der Waals surface area contributed by atoms with Crippen LogP contribution in [0.2, 0.25) is 0 Å². The van der Waals surface area contributed by atoms with Crippen LogP contribution in [0.3, 0.4) is 0 Å². The quantitative estimate of drug-likeness (QED) is 0.159. The lowest BCUT2D eigenvalue weighted by molar-refractivity contribution is -0.258. The van der Waals surface area contributed by atoms with Gasteiger partial charge in [0.2, 0.25) is 6.29 Å². The molecule has 26 heavy (non-hydrogen) atoms. The van der Waals surface area contributed by atoms with Gasteiger partial charge in [-0.25, -0.2) is 0 Å². The summed E-state index contributed by atoms with van der Waals surface area (Å²) < 4.78 is 9.70. The van der Waals surface area contributed by atoms with Crippen molar-refractivity contribution in [3.05, 3.63) is 0 Å². The summed E-state index contributed by atoms with van der Waals surface area (Å²) in [5.41, 5.74) is 5.48. The predicted molar refractivity (Wildman–Crippen MR) is 83.3 cm³/mol. The zero-order valence-electron chi connectivity index (χ0n) is 14.3. The summed E-state index contributed by atoms with van der Waals surface area (Å²) in [5.74, 6) is -0.615. The zero-order valence-corrected chi connectivity index (χ0v) is 14.3. The fourth-order valence-electron chi connectivity index (χ4n) is 1.94. The van der Waals surface area contributed by atoms with Crippen LogP contribution in [0.25, 0.3) is 0 Å². The lowest BCUT2D eigenvalue weighted by Crippen LogP contribution is -2.62. The molecule has 0 bridgehead atoms. The molecule has 154 valence electrons. The molecule has 0 saturated carbocycles. The average Bonchev–Trinajstić information content (AvgIpc) is 2.60. The van der Waals surface area contributed by atoms with Gasteiger partial charge in [-0.15, -0.1) is 0 Å². The van der Waals surface area contributed by atoms with E-state index >= 15 is 0 Å². The molecule has 1 saturated heterocycles. The molecule has 0 aromatic heterocycles. The van der Waals surface area contributed by atoms with E-state index in [0.29, 0.717) is 0 Å². The van der Waals surface area contributed by atoms with Crippen molar-refractivity contribution in [2.75, 3.05) is 6.61 Å². The lowest BCUT2D eigenvalue weighted by Gasteiger charge is -2.39. The van der Waals surface area contributed by atoms with Gasteiger partial charge in [-0.3, -0.25) is 4.79 Å². The molecule has 1 rings (SSSR count). The summed E-state index contributed by atoms with van der Waals surface area (Å²) in [7, 11) is 0. The van der Waals surface area contributed by atoms with E-state index in [0.717, 1.165) is 0 Å². The van der Waals surface area contributed by atoms with Gasteiger partial charge in [0.1, 0.15) is 36.6 Å². The number of hydrogen-bond acceptors (Lipinski definition) is 12. The van der Waals surface area contributed by atoms with E-state index in [1.807, 2.05) is 0 Å². The van der Waals surface area contributed by atoms with Gasteiger partial charge in [0.15, 0.2) is 6.29 Å². The van der Waals surface area contributed by atoms with Gasteiger partial charge < -0.3 is 55.7 Å². The molecule has 0 amide bonds. The van der Waals surface area contributed by atoms with E-state index in [9.17, 15) is 19.8 Å². The number of carbonyl (C=O) groups excluding carboxylic acids is 2. The van der Waals surface area contributed by atoms with E-state index < -0.39 is 67.6 Å². The Morgan fingerprint density at radius 2 is 1.73 bits per heavy atom. The molecule has 9 N–H and O–H groups in total. The van der Waals surface area contributed by atoms with E-state index in [-0.39, 0.29) is 6.29 Å². The maximum Gasteiger partial charge on any atom is 0.304 e. The highest BCUT2D eigenvalue weighted by Gasteiger charge is 2.43. The molecule has 0 spiro atoms. The smallest absolute Gasteiger partial charge is 0.304 e. The normalized spacial score (nSPS) is 33.1. The Kier molecular flexibility index (Phi) is 10.9. The number of rotatable bonds is 6. The number of nitrogens with two attached hydrogens (primary N) is 1. The number of esters is 1. The van der Waals surface area contributed by atoms with Gasteiger partial charge in [-0.1, -0.05) is 0 Å². The second kappa shape index (κ2) is 11.5. The largest absolute Gasteiger partial charge is 0.434 e. The van der Waals surface area contributed by atoms with Crippen molar-refractivity contribution in [3.8, 4) is 0 Å². The van der Waals surface area contributed by atoms with Gasteiger partial charge in [0, 0.05) is 6.92 Å². The highest BCUT2D eigenvalue weighted by Crippen LogP contribution is 2.20. The third kappa shape index (κ3) is 7.19. The SMILES string of the molecule is CC(=O)OC1O[C@H](CO)[C@@H](O)[C@H](O)[C@H]1N.CC(O)C(O)C(O)C(O)C=O. The maximum atomic E-state index is 10.7.